The number of carbonyl (C=O) groups is 1. The Hall–Kier alpha value is -2.49. The number of nitrogens with one attached hydrogen (secondary N) is 1. The van der Waals surface area contributed by atoms with Crippen molar-refractivity contribution in [1.29, 1.82) is 0 Å². The van der Waals surface area contributed by atoms with Crippen molar-refractivity contribution < 1.29 is 14.3 Å². The van der Waals surface area contributed by atoms with E-state index in [1.54, 1.807) is 12.1 Å². The van der Waals surface area contributed by atoms with Gasteiger partial charge in [0.2, 0.25) is 0 Å². The number of methoxy groups -OCH3 is 1. The molecular weight excluding hydrogens is 242 g/mol. The molecule has 98 valence electrons. The molecule has 4 heteroatoms. The quantitative estimate of drug-likeness (QED) is 0.912. The van der Waals surface area contributed by atoms with Crippen LogP contribution < -0.4 is 10.1 Å². The van der Waals surface area contributed by atoms with Gasteiger partial charge in [0.15, 0.2) is 0 Å². The Morgan fingerprint density at radius 1 is 1.11 bits per heavy atom. The number of hydrogen-bond donors (Lipinski definition) is 1. The standard InChI is InChI=1S/C15H15NO3/c1-18-15(17)16-13-8-5-9-14(10-13)19-11-12-6-3-2-4-7-12/h2-10H,11H2,1H3,(H,16,17). The fourth-order valence-electron chi connectivity index (χ4n) is 1.57. The number of benzene rings is 2. The summed E-state index contributed by atoms with van der Waals surface area (Å²) in [5.74, 6) is 0.692. The van der Waals surface area contributed by atoms with E-state index in [4.69, 9.17) is 4.74 Å². The third kappa shape index (κ3) is 4.03. The van der Waals surface area contributed by atoms with Gasteiger partial charge in [0.25, 0.3) is 0 Å². The molecule has 19 heavy (non-hydrogen) atoms. The lowest BCUT2D eigenvalue weighted by Crippen LogP contribution is -2.10. The first kappa shape index (κ1) is 13.0. The first-order valence-electron chi connectivity index (χ1n) is 5.89. The van der Waals surface area contributed by atoms with Gasteiger partial charge in [0.1, 0.15) is 12.4 Å². The fourth-order valence-corrected chi connectivity index (χ4v) is 1.57. The zero-order valence-electron chi connectivity index (χ0n) is 10.6. The monoisotopic (exact) mass is 257 g/mol. The summed E-state index contributed by atoms with van der Waals surface area (Å²) in [5.41, 5.74) is 1.73. The van der Waals surface area contributed by atoms with Gasteiger partial charge in [0, 0.05) is 11.8 Å². The Kier molecular flexibility index (Phi) is 4.39. The highest BCUT2D eigenvalue weighted by Gasteiger charge is 2.02. The minimum absolute atomic E-state index is 0.489. The number of hydrogen-bond acceptors (Lipinski definition) is 3. The van der Waals surface area contributed by atoms with Crippen LogP contribution in [0.5, 0.6) is 5.75 Å². The van der Waals surface area contributed by atoms with Crippen LogP contribution in [0.3, 0.4) is 0 Å². The van der Waals surface area contributed by atoms with E-state index in [0.717, 1.165) is 5.56 Å². The molecular formula is C15H15NO3. The number of carbonyl (C=O) groups excluding carboxylic acids is 1. The predicted octanol–water partition coefficient (Wildman–Crippen LogP) is 3.44. The molecule has 0 aliphatic rings. The maximum atomic E-state index is 11.1. The molecule has 0 atom stereocenters. The smallest absolute Gasteiger partial charge is 0.411 e. The Morgan fingerprint density at radius 2 is 1.89 bits per heavy atom. The second-order valence-electron chi connectivity index (χ2n) is 3.92. The Balaban J connectivity index is 1.97. The summed E-state index contributed by atoms with van der Waals surface area (Å²) in [6.45, 7) is 0.489. The maximum Gasteiger partial charge on any atom is 0.411 e. The van der Waals surface area contributed by atoms with E-state index in [2.05, 4.69) is 10.1 Å². The summed E-state index contributed by atoms with van der Waals surface area (Å²) in [4.78, 5) is 11.1. The van der Waals surface area contributed by atoms with E-state index < -0.39 is 6.09 Å². The average Bonchev–Trinajstić information content (AvgIpc) is 2.46. The van der Waals surface area contributed by atoms with Crippen LogP contribution in [-0.2, 0) is 11.3 Å². The van der Waals surface area contributed by atoms with Gasteiger partial charge in [-0.1, -0.05) is 36.4 Å². The lowest BCUT2D eigenvalue weighted by molar-refractivity contribution is 0.187. The fraction of sp³-hybridized carbons (Fsp3) is 0.133. The third-order valence-corrected chi connectivity index (χ3v) is 2.51. The lowest BCUT2D eigenvalue weighted by Gasteiger charge is -2.08. The first-order valence-corrected chi connectivity index (χ1v) is 5.89. The Labute approximate surface area is 112 Å². The average molecular weight is 257 g/mol. The number of rotatable bonds is 4. The molecule has 0 unspecified atom stereocenters. The Bertz CT molecular complexity index is 540. The topological polar surface area (TPSA) is 47.6 Å². The highest BCUT2D eigenvalue weighted by atomic mass is 16.5. The maximum absolute atomic E-state index is 11.1. The highest BCUT2D eigenvalue weighted by molar-refractivity contribution is 5.84. The number of anilines is 1. The van der Waals surface area contributed by atoms with Crippen molar-refractivity contribution in [1.82, 2.24) is 0 Å². The van der Waals surface area contributed by atoms with Gasteiger partial charge >= 0.3 is 6.09 Å². The molecule has 0 spiro atoms. The van der Waals surface area contributed by atoms with Crippen molar-refractivity contribution in [3.63, 3.8) is 0 Å². The molecule has 0 heterocycles. The second-order valence-corrected chi connectivity index (χ2v) is 3.92. The lowest BCUT2D eigenvalue weighted by atomic mass is 10.2. The van der Waals surface area contributed by atoms with Gasteiger partial charge in [-0.15, -0.1) is 0 Å². The van der Waals surface area contributed by atoms with Gasteiger partial charge in [-0.05, 0) is 17.7 Å². The van der Waals surface area contributed by atoms with Crippen LogP contribution in [0.2, 0.25) is 0 Å². The minimum Gasteiger partial charge on any atom is -0.489 e. The molecule has 0 saturated carbocycles. The van der Waals surface area contributed by atoms with Crippen molar-refractivity contribution in [2.24, 2.45) is 0 Å². The number of ether oxygens (including phenoxy) is 2. The van der Waals surface area contributed by atoms with E-state index in [-0.39, 0.29) is 0 Å². The van der Waals surface area contributed by atoms with E-state index in [9.17, 15) is 4.79 Å². The molecule has 2 aromatic carbocycles. The molecule has 0 aliphatic heterocycles. The third-order valence-electron chi connectivity index (χ3n) is 2.51. The summed E-state index contributed by atoms with van der Waals surface area (Å²) in [6.07, 6.45) is -0.500. The van der Waals surface area contributed by atoms with E-state index in [1.165, 1.54) is 7.11 Å². The van der Waals surface area contributed by atoms with Crippen molar-refractivity contribution in [3.05, 3.63) is 60.2 Å². The van der Waals surface area contributed by atoms with E-state index >= 15 is 0 Å². The molecule has 0 fully saturated rings. The van der Waals surface area contributed by atoms with Gasteiger partial charge in [-0.2, -0.15) is 0 Å². The van der Waals surface area contributed by atoms with Gasteiger partial charge in [0.05, 0.1) is 7.11 Å². The highest BCUT2D eigenvalue weighted by Crippen LogP contribution is 2.18. The van der Waals surface area contributed by atoms with Gasteiger partial charge in [-0.25, -0.2) is 4.79 Å². The van der Waals surface area contributed by atoms with Crippen LogP contribution in [0.25, 0.3) is 0 Å². The number of amides is 1. The van der Waals surface area contributed by atoms with Crippen LogP contribution in [0.4, 0.5) is 10.5 Å². The summed E-state index contributed by atoms with van der Waals surface area (Å²) < 4.78 is 10.2. The molecule has 0 radical (unpaired) electrons. The molecule has 0 aliphatic carbocycles. The van der Waals surface area contributed by atoms with Crippen molar-refractivity contribution in [2.45, 2.75) is 6.61 Å². The molecule has 1 N–H and O–H groups in total. The van der Waals surface area contributed by atoms with Crippen molar-refractivity contribution in [2.75, 3.05) is 12.4 Å². The molecule has 1 amide bonds. The molecule has 2 aromatic rings. The molecule has 4 nitrogen and oxygen atoms in total. The van der Waals surface area contributed by atoms with E-state index in [1.807, 2.05) is 42.5 Å². The minimum atomic E-state index is -0.500. The van der Waals surface area contributed by atoms with Crippen LogP contribution in [-0.4, -0.2) is 13.2 Å². The molecule has 2 rings (SSSR count). The van der Waals surface area contributed by atoms with Gasteiger partial charge < -0.3 is 9.47 Å². The molecule has 0 aromatic heterocycles. The molecule has 0 bridgehead atoms. The normalized spacial score (nSPS) is 9.74. The summed E-state index contributed by atoms with van der Waals surface area (Å²) in [5, 5.41) is 2.59. The van der Waals surface area contributed by atoms with Gasteiger partial charge in [-0.3, -0.25) is 5.32 Å². The van der Waals surface area contributed by atoms with E-state index in [0.29, 0.717) is 18.0 Å². The summed E-state index contributed by atoms with van der Waals surface area (Å²) in [6, 6.07) is 17.1. The summed E-state index contributed by atoms with van der Waals surface area (Å²) in [7, 11) is 1.32. The van der Waals surface area contributed by atoms with Crippen LogP contribution in [0.1, 0.15) is 5.56 Å². The predicted molar refractivity (Wildman–Crippen MR) is 73.2 cm³/mol. The zero-order chi connectivity index (χ0) is 13.5. The molecule has 0 saturated heterocycles. The Morgan fingerprint density at radius 3 is 2.63 bits per heavy atom. The second kappa shape index (κ2) is 6.44. The first-order chi connectivity index (χ1) is 9.28. The summed E-state index contributed by atoms with van der Waals surface area (Å²) >= 11 is 0. The SMILES string of the molecule is COC(=O)Nc1cccc(OCc2ccccc2)c1. The van der Waals surface area contributed by atoms with Crippen LogP contribution in [0.15, 0.2) is 54.6 Å². The van der Waals surface area contributed by atoms with Crippen molar-refractivity contribution >= 4 is 11.8 Å². The van der Waals surface area contributed by atoms with Crippen LogP contribution in [0, 0.1) is 0 Å². The largest absolute Gasteiger partial charge is 0.489 e. The van der Waals surface area contributed by atoms with Crippen molar-refractivity contribution in [3.8, 4) is 5.75 Å². The zero-order valence-corrected chi connectivity index (χ0v) is 10.6. The van der Waals surface area contributed by atoms with Crippen LogP contribution >= 0.6 is 0 Å².